The highest BCUT2D eigenvalue weighted by Gasteiger charge is 2.19. The molecule has 0 fully saturated rings. The molecule has 0 amide bonds. The lowest BCUT2D eigenvalue weighted by Crippen LogP contribution is -2.30. The third kappa shape index (κ3) is 45.8. The first kappa shape index (κ1) is 57.4. The zero-order valence-electron chi connectivity index (χ0n) is 40.4. The van der Waals surface area contributed by atoms with Gasteiger partial charge in [0.15, 0.2) is 6.10 Å². The van der Waals surface area contributed by atoms with Gasteiger partial charge in [0.1, 0.15) is 13.2 Å². The SMILES string of the molecule is CCCCCCCCCCCCCCCCC(=O)O[C@H](COC(=O)CCCCCCCCCCCCC(C)C)COC(=O)CCCCCCCCCCCCC(C)CC. The van der Waals surface area contributed by atoms with Crippen LogP contribution in [0.15, 0.2) is 0 Å². The average Bonchev–Trinajstić information content (AvgIpc) is 3.22. The quantitative estimate of drug-likeness (QED) is 0.0345. The maximum Gasteiger partial charge on any atom is 0.306 e. The van der Waals surface area contributed by atoms with Crippen LogP contribution in [0.1, 0.15) is 291 Å². The van der Waals surface area contributed by atoms with Crippen LogP contribution in [0.5, 0.6) is 0 Å². The predicted octanol–water partition coefficient (Wildman–Crippen LogP) is 16.9. The minimum Gasteiger partial charge on any atom is -0.462 e. The van der Waals surface area contributed by atoms with Crippen molar-refractivity contribution in [2.75, 3.05) is 13.2 Å². The number of hydrogen-bond donors (Lipinski definition) is 0. The first-order valence-corrected chi connectivity index (χ1v) is 26.3. The van der Waals surface area contributed by atoms with Gasteiger partial charge in [-0.15, -0.1) is 0 Å². The summed E-state index contributed by atoms with van der Waals surface area (Å²) in [5, 5.41) is 0. The fourth-order valence-corrected chi connectivity index (χ4v) is 7.96. The summed E-state index contributed by atoms with van der Waals surface area (Å²) < 4.78 is 16.8. The molecule has 0 bridgehead atoms. The van der Waals surface area contributed by atoms with Crippen LogP contribution in [0.4, 0.5) is 0 Å². The molecule has 350 valence electrons. The van der Waals surface area contributed by atoms with E-state index in [0.29, 0.717) is 19.3 Å². The first-order chi connectivity index (χ1) is 28.8. The Hall–Kier alpha value is -1.59. The zero-order chi connectivity index (χ0) is 43.3. The molecule has 0 aliphatic rings. The molecule has 0 saturated carbocycles. The van der Waals surface area contributed by atoms with E-state index in [4.69, 9.17) is 14.2 Å². The van der Waals surface area contributed by atoms with Gasteiger partial charge in [-0.3, -0.25) is 14.4 Å². The van der Waals surface area contributed by atoms with E-state index in [0.717, 1.165) is 69.6 Å². The summed E-state index contributed by atoms with van der Waals surface area (Å²) in [5.74, 6) is 0.841. The van der Waals surface area contributed by atoms with Crippen molar-refractivity contribution in [2.24, 2.45) is 11.8 Å². The highest BCUT2D eigenvalue weighted by Crippen LogP contribution is 2.18. The molecule has 0 N–H and O–H groups in total. The predicted molar refractivity (Wildman–Crippen MR) is 252 cm³/mol. The Morgan fingerprint density at radius 2 is 0.644 bits per heavy atom. The van der Waals surface area contributed by atoms with Crippen molar-refractivity contribution in [1.82, 2.24) is 0 Å². The van der Waals surface area contributed by atoms with Gasteiger partial charge in [-0.2, -0.15) is 0 Å². The van der Waals surface area contributed by atoms with Gasteiger partial charge in [-0.25, -0.2) is 0 Å². The lowest BCUT2D eigenvalue weighted by atomic mass is 9.99. The van der Waals surface area contributed by atoms with Crippen LogP contribution in [0.3, 0.4) is 0 Å². The number of rotatable bonds is 47. The average molecular weight is 835 g/mol. The van der Waals surface area contributed by atoms with Gasteiger partial charge >= 0.3 is 17.9 Å². The standard InChI is InChI=1S/C53H102O6/c1-6-8-9-10-11-12-13-14-15-16-25-30-35-40-45-53(56)59-50(46-57-51(54)43-38-33-28-23-19-17-21-26-31-36-41-48(3)4)47-58-52(55)44-39-34-29-24-20-18-22-27-32-37-42-49(5)7-2/h48-50H,6-47H2,1-5H3/t49?,50-/m1/s1. The Kier molecular flexibility index (Phi) is 44.7. The summed E-state index contributed by atoms with van der Waals surface area (Å²) in [7, 11) is 0. The Morgan fingerprint density at radius 1 is 0.356 bits per heavy atom. The number of unbranched alkanes of at least 4 members (excludes halogenated alkanes) is 31. The number of carbonyl (C=O) groups excluding carboxylic acids is 3. The van der Waals surface area contributed by atoms with E-state index < -0.39 is 6.10 Å². The molecule has 6 nitrogen and oxygen atoms in total. The second-order valence-corrected chi connectivity index (χ2v) is 18.9. The van der Waals surface area contributed by atoms with Crippen LogP contribution in [0.2, 0.25) is 0 Å². The van der Waals surface area contributed by atoms with Gasteiger partial charge in [-0.1, -0.05) is 253 Å². The van der Waals surface area contributed by atoms with Crippen LogP contribution in [-0.2, 0) is 28.6 Å². The molecule has 0 aliphatic carbocycles. The summed E-state index contributed by atoms with van der Waals surface area (Å²) >= 11 is 0. The van der Waals surface area contributed by atoms with Gasteiger partial charge in [0.05, 0.1) is 0 Å². The zero-order valence-corrected chi connectivity index (χ0v) is 40.4. The van der Waals surface area contributed by atoms with E-state index in [2.05, 4.69) is 34.6 Å². The van der Waals surface area contributed by atoms with Gasteiger partial charge in [0.2, 0.25) is 0 Å². The number of hydrogen-bond acceptors (Lipinski definition) is 6. The van der Waals surface area contributed by atoms with Crippen LogP contribution >= 0.6 is 0 Å². The van der Waals surface area contributed by atoms with Gasteiger partial charge in [0, 0.05) is 19.3 Å². The molecule has 0 radical (unpaired) electrons. The molecule has 0 aromatic rings. The Balaban J connectivity index is 4.33. The third-order valence-electron chi connectivity index (χ3n) is 12.3. The molecule has 2 atom stereocenters. The summed E-state index contributed by atoms with van der Waals surface area (Å²) in [6.07, 6.45) is 46.5. The summed E-state index contributed by atoms with van der Waals surface area (Å²) in [6.45, 7) is 11.4. The Labute approximate surface area is 368 Å². The van der Waals surface area contributed by atoms with Crippen molar-refractivity contribution in [2.45, 2.75) is 298 Å². The molecule has 0 aromatic carbocycles. The number of esters is 3. The first-order valence-electron chi connectivity index (χ1n) is 26.3. The van der Waals surface area contributed by atoms with Crippen molar-refractivity contribution >= 4 is 17.9 Å². The molecule has 1 unspecified atom stereocenters. The second-order valence-electron chi connectivity index (χ2n) is 18.9. The fourth-order valence-electron chi connectivity index (χ4n) is 7.96. The topological polar surface area (TPSA) is 78.9 Å². The maximum absolute atomic E-state index is 12.8. The lowest BCUT2D eigenvalue weighted by molar-refractivity contribution is -0.167. The molecule has 6 heteroatoms. The number of ether oxygens (including phenoxy) is 3. The highest BCUT2D eigenvalue weighted by molar-refractivity contribution is 5.71. The summed E-state index contributed by atoms with van der Waals surface area (Å²) in [4.78, 5) is 38.0. The summed E-state index contributed by atoms with van der Waals surface area (Å²) in [6, 6.07) is 0. The van der Waals surface area contributed by atoms with Gasteiger partial charge < -0.3 is 14.2 Å². The van der Waals surface area contributed by atoms with E-state index in [1.807, 2.05) is 0 Å². The van der Waals surface area contributed by atoms with E-state index in [9.17, 15) is 14.4 Å². The minimum absolute atomic E-state index is 0.0638. The monoisotopic (exact) mass is 835 g/mol. The Bertz CT molecular complexity index is 902. The van der Waals surface area contributed by atoms with E-state index >= 15 is 0 Å². The van der Waals surface area contributed by atoms with Gasteiger partial charge in [0.25, 0.3) is 0 Å². The van der Waals surface area contributed by atoms with Crippen LogP contribution in [0.25, 0.3) is 0 Å². The van der Waals surface area contributed by atoms with E-state index in [1.54, 1.807) is 0 Å². The number of carbonyl (C=O) groups is 3. The highest BCUT2D eigenvalue weighted by atomic mass is 16.6. The van der Waals surface area contributed by atoms with Crippen LogP contribution < -0.4 is 0 Å². The van der Waals surface area contributed by atoms with Crippen molar-refractivity contribution in [1.29, 1.82) is 0 Å². The van der Waals surface area contributed by atoms with Gasteiger partial charge in [-0.05, 0) is 31.1 Å². The Morgan fingerprint density at radius 3 is 0.966 bits per heavy atom. The molecule has 0 spiro atoms. The molecule has 0 rings (SSSR count). The third-order valence-corrected chi connectivity index (χ3v) is 12.3. The molecule has 59 heavy (non-hydrogen) atoms. The van der Waals surface area contributed by atoms with Crippen LogP contribution in [-0.4, -0.2) is 37.2 Å². The maximum atomic E-state index is 12.8. The minimum atomic E-state index is -0.762. The van der Waals surface area contributed by atoms with Crippen molar-refractivity contribution < 1.29 is 28.6 Å². The largest absolute Gasteiger partial charge is 0.462 e. The molecule has 0 aliphatic heterocycles. The molecular weight excluding hydrogens is 733 g/mol. The smallest absolute Gasteiger partial charge is 0.306 e. The van der Waals surface area contributed by atoms with E-state index in [-0.39, 0.29) is 31.1 Å². The fraction of sp³-hybridized carbons (Fsp3) is 0.943. The second kappa shape index (κ2) is 45.9. The van der Waals surface area contributed by atoms with Crippen LogP contribution in [0, 0.1) is 11.8 Å². The van der Waals surface area contributed by atoms with Crippen molar-refractivity contribution in [3.63, 3.8) is 0 Å². The van der Waals surface area contributed by atoms with Crippen molar-refractivity contribution in [3.05, 3.63) is 0 Å². The molecule has 0 saturated heterocycles. The normalized spacial score (nSPS) is 12.5. The van der Waals surface area contributed by atoms with Crippen molar-refractivity contribution in [3.8, 4) is 0 Å². The molecule has 0 heterocycles. The lowest BCUT2D eigenvalue weighted by Gasteiger charge is -2.18. The molecule has 0 aromatic heterocycles. The van der Waals surface area contributed by atoms with E-state index in [1.165, 1.54) is 180 Å². The summed E-state index contributed by atoms with van der Waals surface area (Å²) in [5.41, 5.74) is 0. The molecular formula is C53H102O6.